The largest absolute Gasteiger partial charge is 0.495 e. The number of rotatable bonds is 10. The normalized spacial score (nSPS) is 15.8. The Labute approximate surface area is 252 Å². The maximum Gasteiger partial charge on any atom is 0.415 e. The third-order valence-electron chi connectivity index (χ3n) is 7.84. The fourth-order valence-corrected chi connectivity index (χ4v) is 5.98. The van der Waals surface area contributed by atoms with Crippen LogP contribution in [0.25, 0.3) is 16.8 Å². The molecule has 1 aliphatic heterocycles. The van der Waals surface area contributed by atoms with E-state index in [1.807, 2.05) is 18.2 Å². The molecule has 44 heavy (non-hydrogen) atoms. The number of nitrogens with one attached hydrogen (secondary N) is 1. The summed E-state index contributed by atoms with van der Waals surface area (Å²) in [5, 5.41) is 26.6. The monoisotopic (exact) mass is 634 g/mol. The number of hydrogen-bond donors (Lipinski definition) is 3. The molecule has 1 aliphatic rings. The van der Waals surface area contributed by atoms with E-state index >= 15 is 0 Å². The minimum atomic E-state index is -4.63. The zero-order chi connectivity index (χ0) is 31.6. The summed E-state index contributed by atoms with van der Waals surface area (Å²) in [5.74, 6) is -0.115. The average Bonchev–Trinajstić information content (AvgIpc) is 3.44. The molecule has 5 rings (SSSR count). The first kappa shape index (κ1) is 31.5. The highest BCUT2D eigenvalue weighted by Gasteiger charge is 2.39. The van der Waals surface area contributed by atoms with Gasteiger partial charge in [0.15, 0.2) is 12.0 Å². The van der Waals surface area contributed by atoms with Crippen LogP contribution in [0.2, 0.25) is 0 Å². The van der Waals surface area contributed by atoms with Crippen molar-refractivity contribution in [2.75, 3.05) is 49.4 Å². The maximum atomic E-state index is 12.7. The predicted molar refractivity (Wildman–Crippen MR) is 160 cm³/mol. The van der Waals surface area contributed by atoms with E-state index in [9.17, 15) is 31.8 Å². The zero-order valence-electron chi connectivity index (χ0n) is 24.1. The molecule has 0 bridgehead atoms. The Morgan fingerprint density at radius 1 is 1.14 bits per heavy atom. The van der Waals surface area contributed by atoms with Crippen molar-refractivity contribution < 1.29 is 36.5 Å². The molecule has 0 radical (unpaired) electrons. The zero-order valence-corrected chi connectivity index (χ0v) is 24.9. The summed E-state index contributed by atoms with van der Waals surface area (Å²) < 4.78 is 71.3. The first-order valence-corrected chi connectivity index (χ1v) is 15.5. The number of likely N-dealkylation sites (tertiary alicyclic amines) is 1. The molecule has 2 aromatic heterocycles. The van der Waals surface area contributed by atoms with E-state index in [1.165, 1.54) is 14.2 Å². The summed E-state index contributed by atoms with van der Waals surface area (Å²) >= 11 is 0. The Hall–Kier alpha value is -3.92. The molecule has 15 heteroatoms. The number of aliphatic hydroxyl groups is 2. The predicted octanol–water partition coefficient (Wildman–Crippen LogP) is 3.97. The molecule has 4 aromatic rings. The summed E-state index contributed by atoms with van der Waals surface area (Å²) in [5.41, 5.74) is 3.82. The smallest absolute Gasteiger partial charge is 0.415 e. The number of para-hydroxylation sites is 1. The van der Waals surface area contributed by atoms with Crippen LogP contribution < -0.4 is 14.4 Å². The number of piperidine rings is 1. The summed E-state index contributed by atoms with van der Waals surface area (Å²) in [7, 11) is -1.02. The van der Waals surface area contributed by atoms with Crippen LogP contribution in [0.15, 0.2) is 60.8 Å². The van der Waals surface area contributed by atoms with Crippen LogP contribution in [-0.2, 0) is 10.0 Å². The van der Waals surface area contributed by atoms with Gasteiger partial charge in [0, 0.05) is 19.2 Å². The number of aromatic nitrogens is 3. The van der Waals surface area contributed by atoms with E-state index in [2.05, 4.69) is 15.4 Å². The number of halogens is 3. The van der Waals surface area contributed by atoms with Gasteiger partial charge < -0.3 is 25.2 Å². The van der Waals surface area contributed by atoms with Crippen molar-refractivity contribution in [3.63, 3.8) is 0 Å². The first-order valence-electron chi connectivity index (χ1n) is 13.8. The number of benzene rings is 2. The van der Waals surface area contributed by atoms with Crippen molar-refractivity contribution in [2.24, 2.45) is 0 Å². The van der Waals surface area contributed by atoms with Crippen molar-refractivity contribution in [2.45, 2.75) is 31.0 Å². The Bertz CT molecular complexity index is 1720. The second-order valence-electron chi connectivity index (χ2n) is 10.6. The fraction of sp³-hybridized carbons (Fsp3) is 0.379. The summed E-state index contributed by atoms with van der Waals surface area (Å²) in [4.78, 5) is 6.04. The summed E-state index contributed by atoms with van der Waals surface area (Å²) in [6.07, 6.45) is -4.07. The SMILES string of the molecule is COc1cc(C2CCN(C[C@H](O)C(F)(F)F)CC2)ccc1Nc1ncc2ccc(-c3ccccc3N(C)S(=O)(=O)CO)n2n1. The van der Waals surface area contributed by atoms with Gasteiger partial charge in [-0.2, -0.15) is 13.2 Å². The standard InChI is InChI=1S/C29H33F3N6O5S/c1-36(44(41,42)18-39)24-6-4-3-5-22(24)25-10-8-21-16-33-28(35-38(21)25)34-23-9-7-20(15-26(23)43-2)19-11-13-37(14-12-19)17-27(40)29(30,31)32/h3-10,15-16,19,27,39-40H,11-14,17-18H2,1-2H3,(H,34,35)/t27-/m0/s1. The van der Waals surface area contributed by atoms with E-state index in [1.54, 1.807) is 52.0 Å². The topological polar surface area (TPSA) is 133 Å². The minimum Gasteiger partial charge on any atom is -0.495 e. The number of aliphatic hydroxyl groups excluding tert-OH is 2. The minimum absolute atomic E-state index is 0.125. The molecule has 1 fully saturated rings. The molecule has 3 heterocycles. The lowest BCUT2D eigenvalue weighted by Crippen LogP contribution is -2.43. The Morgan fingerprint density at radius 2 is 1.86 bits per heavy atom. The van der Waals surface area contributed by atoms with Crippen LogP contribution in [0.5, 0.6) is 5.75 Å². The highest BCUT2D eigenvalue weighted by Crippen LogP contribution is 2.36. The van der Waals surface area contributed by atoms with Crippen molar-refractivity contribution in [3.8, 4) is 17.0 Å². The molecular formula is C29H33F3N6O5S. The fourth-order valence-electron chi connectivity index (χ4n) is 5.35. The van der Waals surface area contributed by atoms with Gasteiger partial charge in [-0.15, -0.1) is 5.10 Å². The van der Waals surface area contributed by atoms with Crippen molar-refractivity contribution in [1.82, 2.24) is 19.5 Å². The Kier molecular flexibility index (Phi) is 9.02. The second-order valence-corrected chi connectivity index (χ2v) is 12.5. The summed E-state index contributed by atoms with van der Waals surface area (Å²) in [6, 6.07) is 16.2. The number of nitrogens with zero attached hydrogens (tertiary/aromatic N) is 5. The summed E-state index contributed by atoms with van der Waals surface area (Å²) in [6.45, 7) is 0.454. The second kappa shape index (κ2) is 12.6. The van der Waals surface area contributed by atoms with E-state index in [0.717, 1.165) is 9.87 Å². The van der Waals surface area contributed by atoms with Crippen LogP contribution in [0.4, 0.5) is 30.5 Å². The molecule has 1 saturated heterocycles. The van der Waals surface area contributed by atoms with Crippen molar-refractivity contribution in [3.05, 3.63) is 66.4 Å². The molecule has 0 amide bonds. The molecule has 3 N–H and O–H groups in total. The van der Waals surface area contributed by atoms with Gasteiger partial charge in [0.25, 0.3) is 10.0 Å². The lowest BCUT2D eigenvalue weighted by atomic mass is 9.89. The van der Waals surface area contributed by atoms with Gasteiger partial charge >= 0.3 is 6.18 Å². The molecule has 236 valence electrons. The highest BCUT2D eigenvalue weighted by molar-refractivity contribution is 7.92. The van der Waals surface area contributed by atoms with Crippen LogP contribution in [0, 0.1) is 0 Å². The molecule has 11 nitrogen and oxygen atoms in total. The van der Waals surface area contributed by atoms with E-state index in [0.29, 0.717) is 59.8 Å². The maximum absolute atomic E-state index is 12.7. The van der Waals surface area contributed by atoms with Crippen molar-refractivity contribution >= 4 is 32.9 Å². The van der Waals surface area contributed by atoms with Gasteiger partial charge in [0.1, 0.15) is 5.75 Å². The molecule has 0 unspecified atom stereocenters. The van der Waals surface area contributed by atoms with E-state index in [-0.39, 0.29) is 11.9 Å². The van der Waals surface area contributed by atoms with E-state index in [4.69, 9.17) is 4.74 Å². The van der Waals surface area contributed by atoms with Gasteiger partial charge in [-0.05, 0) is 67.7 Å². The molecule has 0 spiro atoms. The van der Waals surface area contributed by atoms with Crippen LogP contribution >= 0.6 is 0 Å². The number of fused-ring (bicyclic) bond motifs is 1. The van der Waals surface area contributed by atoms with Gasteiger partial charge in [-0.1, -0.05) is 24.3 Å². The van der Waals surface area contributed by atoms with Crippen LogP contribution in [0.3, 0.4) is 0 Å². The molecule has 0 aliphatic carbocycles. The van der Waals surface area contributed by atoms with Crippen molar-refractivity contribution in [1.29, 1.82) is 0 Å². The van der Waals surface area contributed by atoms with Gasteiger partial charge in [0.05, 0.1) is 35.9 Å². The third-order valence-corrected chi connectivity index (χ3v) is 9.20. The number of ether oxygens (including phenoxy) is 1. The number of anilines is 3. The highest BCUT2D eigenvalue weighted by atomic mass is 32.2. The molecule has 2 aromatic carbocycles. The lowest BCUT2D eigenvalue weighted by molar-refractivity contribution is -0.208. The van der Waals surface area contributed by atoms with E-state index < -0.39 is 34.8 Å². The number of alkyl halides is 3. The number of sulfonamides is 1. The molecular weight excluding hydrogens is 601 g/mol. The average molecular weight is 635 g/mol. The molecule has 0 saturated carbocycles. The van der Waals surface area contributed by atoms with Crippen LogP contribution in [0.1, 0.15) is 24.3 Å². The Morgan fingerprint density at radius 3 is 2.55 bits per heavy atom. The van der Waals surface area contributed by atoms with Crippen LogP contribution in [-0.4, -0.2) is 90.1 Å². The number of methoxy groups -OCH3 is 1. The first-order chi connectivity index (χ1) is 20.9. The van der Waals surface area contributed by atoms with Gasteiger partial charge in [-0.3, -0.25) is 4.31 Å². The number of β-amino-alcohol motifs (C(OH)–C–C–N with tert-alkyl or cyclic N) is 1. The Balaban J connectivity index is 1.35. The van der Waals surface area contributed by atoms with Gasteiger partial charge in [-0.25, -0.2) is 17.9 Å². The molecule has 1 atom stereocenters. The third kappa shape index (κ3) is 6.60. The quantitative estimate of drug-likeness (QED) is 0.237. The van der Waals surface area contributed by atoms with Gasteiger partial charge in [0.2, 0.25) is 5.95 Å². The number of hydrogen-bond acceptors (Lipinski definition) is 9. The lowest BCUT2D eigenvalue weighted by Gasteiger charge is -2.33.